The number of likely N-dealkylation sites (N-methyl/N-ethyl adjacent to an activating group) is 1. The zero-order valence-corrected chi connectivity index (χ0v) is 22.5. The molecule has 1 heterocycles. The third-order valence-electron chi connectivity index (χ3n) is 6.18. The van der Waals surface area contributed by atoms with Crippen LogP contribution >= 0.6 is 0 Å². The number of nitriles is 1. The molecule has 1 aliphatic rings. The summed E-state index contributed by atoms with van der Waals surface area (Å²) in [6.45, 7) is 14.0. The molecule has 1 aromatic rings. The Kier molecular flexibility index (Phi) is 8.72. The summed E-state index contributed by atoms with van der Waals surface area (Å²) in [5, 5.41) is 12.5. The highest BCUT2D eigenvalue weighted by molar-refractivity contribution is 6.23. The zero-order valence-electron chi connectivity index (χ0n) is 22.5. The van der Waals surface area contributed by atoms with Crippen molar-refractivity contribution in [2.75, 3.05) is 20.6 Å². The fourth-order valence-electron chi connectivity index (χ4n) is 4.20. The van der Waals surface area contributed by atoms with E-state index >= 15 is 0 Å². The minimum Gasteiger partial charge on any atom is -0.444 e. The van der Waals surface area contributed by atoms with Gasteiger partial charge in [-0.25, -0.2) is 4.79 Å². The van der Waals surface area contributed by atoms with Crippen molar-refractivity contribution in [2.45, 2.75) is 73.1 Å². The van der Waals surface area contributed by atoms with Gasteiger partial charge in [0.1, 0.15) is 5.60 Å². The Morgan fingerprint density at radius 1 is 1.31 bits per heavy atom. The first-order valence-corrected chi connectivity index (χ1v) is 12.0. The predicted octanol–water partition coefficient (Wildman–Crippen LogP) is 4.46. The van der Waals surface area contributed by atoms with Gasteiger partial charge in [0.15, 0.2) is 0 Å². The highest BCUT2D eigenvalue weighted by atomic mass is 16.6. The molecule has 0 radical (unpaired) electrons. The van der Waals surface area contributed by atoms with E-state index < -0.39 is 17.1 Å². The van der Waals surface area contributed by atoms with E-state index in [9.17, 15) is 14.9 Å². The molecule has 1 unspecified atom stereocenters. The summed E-state index contributed by atoms with van der Waals surface area (Å²) in [6.07, 6.45) is 0.260. The number of carbonyl (C=O) groups is 2. The number of nitrogens with zero attached hydrogens (tertiary/aromatic N) is 4. The lowest BCUT2D eigenvalue weighted by atomic mass is 9.88. The van der Waals surface area contributed by atoms with Crippen LogP contribution in [0, 0.1) is 16.7 Å². The molecule has 0 spiro atoms. The Bertz CT molecular complexity index is 1060. The standard InChI is InChI=1S/C27H39N5O3/c1-10-21(30-25(34)35-26(3,4)5)17-31(9)18(2)22-23(29-8)27(6,7)24(33)32(22)16-20-14-12-11-13-19(20)15-28/h11-14,21H,10,16-17H2,1-9H3,(H,30,34). The molecule has 1 N–H and O–H groups in total. The van der Waals surface area contributed by atoms with Gasteiger partial charge >= 0.3 is 6.09 Å². The first-order valence-electron chi connectivity index (χ1n) is 12.0. The summed E-state index contributed by atoms with van der Waals surface area (Å²) in [5.74, 6) is -0.0625. The van der Waals surface area contributed by atoms with Crippen LogP contribution in [-0.4, -0.2) is 59.8 Å². The average Bonchev–Trinajstić information content (AvgIpc) is 2.96. The lowest BCUT2D eigenvalue weighted by Gasteiger charge is -2.30. The Balaban J connectivity index is 2.41. The summed E-state index contributed by atoms with van der Waals surface area (Å²) in [6, 6.07) is 9.38. The van der Waals surface area contributed by atoms with Crippen LogP contribution in [0.5, 0.6) is 0 Å². The van der Waals surface area contributed by atoms with Crippen molar-refractivity contribution < 1.29 is 14.3 Å². The molecule has 0 saturated carbocycles. The van der Waals surface area contributed by atoms with Crippen molar-refractivity contribution in [1.29, 1.82) is 5.26 Å². The molecule has 1 aromatic carbocycles. The molecule has 0 bridgehead atoms. The van der Waals surface area contributed by atoms with Gasteiger partial charge in [0.2, 0.25) is 5.91 Å². The number of benzene rings is 1. The van der Waals surface area contributed by atoms with Crippen LogP contribution in [0.2, 0.25) is 0 Å². The van der Waals surface area contributed by atoms with E-state index in [1.165, 1.54) is 0 Å². The van der Waals surface area contributed by atoms with Crippen LogP contribution in [0.3, 0.4) is 0 Å². The van der Waals surface area contributed by atoms with E-state index in [-0.39, 0.29) is 18.5 Å². The molecule has 8 nitrogen and oxygen atoms in total. The van der Waals surface area contributed by atoms with E-state index in [2.05, 4.69) is 16.4 Å². The van der Waals surface area contributed by atoms with Gasteiger partial charge in [0.25, 0.3) is 0 Å². The van der Waals surface area contributed by atoms with E-state index in [1.54, 1.807) is 18.0 Å². The van der Waals surface area contributed by atoms with Crippen LogP contribution in [-0.2, 0) is 16.1 Å². The van der Waals surface area contributed by atoms with Gasteiger partial charge in [0.05, 0.1) is 35.0 Å². The fourth-order valence-corrected chi connectivity index (χ4v) is 4.20. The second-order valence-corrected chi connectivity index (χ2v) is 10.4. The molecular formula is C27H39N5O3. The van der Waals surface area contributed by atoms with Gasteiger partial charge in [-0.1, -0.05) is 25.1 Å². The number of amides is 2. The molecule has 1 fully saturated rings. The Morgan fingerprint density at radius 3 is 2.49 bits per heavy atom. The van der Waals surface area contributed by atoms with Crippen molar-refractivity contribution in [2.24, 2.45) is 10.4 Å². The molecule has 2 rings (SSSR count). The minimum absolute atomic E-state index is 0.0625. The van der Waals surface area contributed by atoms with Crippen LogP contribution in [0.15, 0.2) is 40.7 Å². The molecule has 190 valence electrons. The van der Waals surface area contributed by atoms with Crippen LogP contribution in [0.1, 0.15) is 66.0 Å². The minimum atomic E-state index is -0.799. The normalized spacial score (nSPS) is 18.8. The number of allylic oxidation sites excluding steroid dienone is 2. The Hall–Kier alpha value is -3.34. The number of aliphatic imine (C=N–C) groups is 1. The second-order valence-electron chi connectivity index (χ2n) is 10.4. The lowest BCUT2D eigenvalue weighted by Crippen LogP contribution is -2.44. The van der Waals surface area contributed by atoms with E-state index in [1.807, 2.05) is 78.6 Å². The predicted molar refractivity (Wildman–Crippen MR) is 138 cm³/mol. The first-order chi connectivity index (χ1) is 16.3. The van der Waals surface area contributed by atoms with Crippen LogP contribution in [0.4, 0.5) is 4.79 Å². The molecule has 35 heavy (non-hydrogen) atoms. The monoisotopic (exact) mass is 481 g/mol. The molecule has 0 aliphatic carbocycles. The van der Waals surface area contributed by atoms with Gasteiger partial charge in [-0.15, -0.1) is 0 Å². The third kappa shape index (κ3) is 6.41. The van der Waals surface area contributed by atoms with Gasteiger partial charge in [0, 0.05) is 32.4 Å². The van der Waals surface area contributed by atoms with Gasteiger partial charge in [-0.05, 0) is 59.6 Å². The zero-order chi connectivity index (χ0) is 26.6. The SMILES string of the molecule is CCC(CN(C)C(C)=C1C(=NC)C(C)(C)C(=O)N1Cc1ccccc1C#N)NC(=O)OC(C)(C)C. The largest absolute Gasteiger partial charge is 0.444 e. The topological polar surface area (TPSA) is 98.0 Å². The molecule has 1 saturated heterocycles. The van der Waals surface area contributed by atoms with Gasteiger partial charge < -0.3 is 19.9 Å². The number of nitrogens with one attached hydrogen (secondary N) is 1. The smallest absolute Gasteiger partial charge is 0.407 e. The maximum absolute atomic E-state index is 13.5. The molecule has 1 atom stereocenters. The Morgan fingerprint density at radius 2 is 1.94 bits per heavy atom. The van der Waals surface area contributed by atoms with Crippen molar-refractivity contribution in [3.8, 4) is 6.07 Å². The van der Waals surface area contributed by atoms with Crippen molar-refractivity contribution in [3.63, 3.8) is 0 Å². The maximum Gasteiger partial charge on any atom is 0.407 e. The molecule has 1 aliphatic heterocycles. The van der Waals surface area contributed by atoms with E-state index in [0.717, 1.165) is 17.0 Å². The number of alkyl carbamates (subject to hydrolysis) is 1. The summed E-state index contributed by atoms with van der Waals surface area (Å²) in [7, 11) is 3.63. The van der Waals surface area contributed by atoms with Crippen molar-refractivity contribution in [1.82, 2.24) is 15.1 Å². The summed E-state index contributed by atoms with van der Waals surface area (Å²) < 4.78 is 5.41. The fraction of sp³-hybridized carbons (Fsp3) is 0.556. The highest BCUT2D eigenvalue weighted by Crippen LogP contribution is 2.39. The Labute approximate surface area is 209 Å². The number of hydrogen-bond donors (Lipinski definition) is 1. The van der Waals surface area contributed by atoms with E-state index in [4.69, 9.17) is 4.74 Å². The molecular weight excluding hydrogens is 442 g/mol. The number of rotatable bonds is 7. The summed E-state index contributed by atoms with van der Waals surface area (Å²) in [4.78, 5) is 34.1. The summed E-state index contributed by atoms with van der Waals surface area (Å²) >= 11 is 0. The summed E-state index contributed by atoms with van der Waals surface area (Å²) in [5.41, 5.74) is 2.25. The first kappa shape index (κ1) is 27.9. The number of ether oxygens (including phenoxy) is 1. The number of carbonyl (C=O) groups excluding carboxylic acids is 2. The lowest BCUT2D eigenvalue weighted by molar-refractivity contribution is -0.133. The molecule has 0 aromatic heterocycles. The van der Waals surface area contributed by atoms with Crippen LogP contribution in [0.25, 0.3) is 0 Å². The highest BCUT2D eigenvalue weighted by Gasteiger charge is 2.49. The molecule has 8 heteroatoms. The average molecular weight is 482 g/mol. The quantitative estimate of drug-likeness (QED) is 0.620. The number of likely N-dealkylation sites (tertiary alicyclic amines) is 1. The van der Waals surface area contributed by atoms with Crippen molar-refractivity contribution >= 4 is 17.7 Å². The number of hydrogen-bond acceptors (Lipinski definition) is 6. The van der Waals surface area contributed by atoms with E-state index in [0.29, 0.717) is 24.2 Å². The van der Waals surface area contributed by atoms with Crippen LogP contribution < -0.4 is 5.32 Å². The van der Waals surface area contributed by atoms with Crippen molar-refractivity contribution in [3.05, 3.63) is 46.8 Å². The maximum atomic E-state index is 13.5. The third-order valence-corrected chi connectivity index (χ3v) is 6.18. The molecule has 2 amide bonds. The van der Waals surface area contributed by atoms with Gasteiger partial charge in [-0.3, -0.25) is 9.79 Å². The second kappa shape index (κ2) is 10.9. The van der Waals surface area contributed by atoms with Gasteiger partial charge in [-0.2, -0.15) is 5.26 Å².